The Morgan fingerprint density at radius 1 is 0.386 bits per heavy atom. The molecule has 4 unspecified atom stereocenters. The Morgan fingerprint density at radius 2 is 0.632 bits per heavy atom. The van der Waals surface area contributed by atoms with Crippen LogP contribution in [0.2, 0.25) is 0 Å². The van der Waals surface area contributed by atoms with Gasteiger partial charge in [0.1, 0.15) is 37.6 Å². The quantitative estimate of drug-likeness (QED) is 0.0197. The molecular weight excluding hydrogens is 732 g/mol. The molecule has 57 heavy (non-hydrogen) atoms. The number of rotatable bonds is 40. The van der Waals surface area contributed by atoms with E-state index in [0.29, 0.717) is 19.3 Å². The number of unbranched alkanes of at least 4 members (excludes halogenated alkanes) is 24. The minimum absolute atomic E-state index is 0.0644. The van der Waals surface area contributed by atoms with Crippen molar-refractivity contribution >= 4 is 17.9 Å². The second kappa shape index (κ2) is 43.7. The molecule has 0 saturated carbocycles. The fourth-order valence-electron chi connectivity index (χ4n) is 6.29. The van der Waals surface area contributed by atoms with Crippen LogP contribution in [0.15, 0.2) is 0 Å². The van der Waals surface area contributed by atoms with Gasteiger partial charge in [0, 0.05) is 19.3 Å². The number of carbonyl (C=O) groups is 3. The van der Waals surface area contributed by atoms with Gasteiger partial charge in [0.05, 0.1) is 13.2 Å². The maximum atomic E-state index is 12.6. The molecule has 0 aliphatic carbocycles. The van der Waals surface area contributed by atoms with Crippen molar-refractivity contribution < 1.29 is 59.2 Å². The summed E-state index contributed by atoms with van der Waals surface area (Å²) in [6.45, 7) is 5.11. The standard InChI is InChI=1S/C39H74O6.C6H14O6/c1-4-7-10-13-16-19-22-25-28-31-37(40)43-34-36(45-39(42)33-30-27-24-21-18-15-12-9-6-3)35-44-38(41)32-29-26-23-20-17-14-11-8-5-2;7-1-3(9)5(11)6(12)4(10)2-8/h36H,4-35H2,1-3H3;3-12H,1-2H2. The Balaban J connectivity index is 0. The van der Waals surface area contributed by atoms with Crippen LogP contribution < -0.4 is 0 Å². The number of hydrogen-bond acceptors (Lipinski definition) is 12. The molecule has 4 atom stereocenters. The summed E-state index contributed by atoms with van der Waals surface area (Å²) < 4.78 is 16.5. The van der Waals surface area contributed by atoms with E-state index in [1.165, 1.54) is 116 Å². The maximum absolute atomic E-state index is 12.6. The van der Waals surface area contributed by atoms with Gasteiger partial charge in [-0.3, -0.25) is 14.4 Å². The highest BCUT2D eigenvalue weighted by atomic mass is 16.6. The van der Waals surface area contributed by atoms with E-state index in [4.69, 9.17) is 44.8 Å². The molecule has 0 aromatic carbocycles. The Morgan fingerprint density at radius 3 is 0.895 bits per heavy atom. The van der Waals surface area contributed by atoms with E-state index >= 15 is 0 Å². The lowest BCUT2D eigenvalue weighted by molar-refractivity contribution is -0.167. The number of esters is 3. The fraction of sp³-hybridized carbons (Fsp3) is 0.933. The third kappa shape index (κ3) is 39.4. The molecule has 0 fully saturated rings. The number of carbonyl (C=O) groups excluding carboxylic acids is 3. The summed E-state index contributed by atoms with van der Waals surface area (Å²) in [5.74, 6) is -0.870. The van der Waals surface area contributed by atoms with Crippen LogP contribution in [0.1, 0.15) is 213 Å². The maximum Gasteiger partial charge on any atom is 0.306 e. The van der Waals surface area contributed by atoms with Gasteiger partial charge < -0.3 is 44.8 Å². The second-order valence-electron chi connectivity index (χ2n) is 15.7. The van der Waals surface area contributed by atoms with Crippen LogP contribution in [0.4, 0.5) is 0 Å². The number of ether oxygens (including phenoxy) is 3. The molecule has 0 heterocycles. The Kier molecular flexibility index (Phi) is 43.9. The molecule has 0 aromatic rings. The summed E-state index contributed by atoms with van der Waals surface area (Å²) in [6.07, 6.45) is 25.9. The monoisotopic (exact) mass is 821 g/mol. The van der Waals surface area contributed by atoms with Crippen LogP contribution in [0.5, 0.6) is 0 Å². The topological polar surface area (TPSA) is 200 Å². The molecular formula is C45H88O12. The fourth-order valence-corrected chi connectivity index (χ4v) is 6.29. The third-order valence-corrected chi connectivity index (χ3v) is 10.1. The van der Waals surface area contributed by atoms with Crippen molar-refractivity contribution in [2.24, 2.45) is 0 Å². The van der Waals surface area contributed by atoms with Gasteiger partial charge in [-0.25, -0.2) is 0 Å². The van der Waals surface area contributed by atoms with E-state index in [1.807, 2.05) is 0 Å². The average molecular weight is 821 g/mol. The molecule has 6 N–H and O–H groups in total. The van der Waals surface area contributed by atoms with Gasteiger partial charge in [-0.1, -0.05) is 175 Å². The van der Waals surface area contributed by atoms with Gasteiger partial charge in [-0.05, 0) is 19.3 Å². The zero-order valence-electron chi connectivity index (χ0n) is 36.6. The van der Waals surface area contributed by atoms with Crippen LogP contribution in [0, 0.1) is 0 Å². The van der Waals surface area contributed by atoms with Crippen molar-refractivity contribution in [3.05, 3.63) is 0 Å². The van der Waals surface area contributed by atoms with Crippen LogP contribution in [0.3, 0.4) is 0 Å². The van der Waals surface area contributed by atoms with Gasteiger partial charge in [0.15, 0.2) is 6.10 Å². The summed E-state index contributed by atoms with van der Waals surface area (Å²) in [4.78, 5) is 37.3. The molecule has 0 aromatic heterocycles. The molecule has 12 heteroatoms. The normalized spacial score (nSPS) is 13.4. The van der Waals surface area contributed by atoms with E-state index in [0.717, 1.165) is 57.8 Å². The van der Waals surface area contributed by atoms with Crippen molar-refractivity contribution in [1.29, 1.82) is 0 Å². The largest absolute Gasteiger partial charge is 0.462 e. The molecule has 340 valence electrons. The van der Waals surface area contributed by atoms with E-state index in [-0.39, 0.29) is 31.1 Å². The highest BCUT2D eigenvalue weighted by Gasteiger charge is 2.29. The molecule has 0 saturated heterocycles. The van der Waals surface area contributed by atoms with Gasteiger partial charge in [0.2, 0.25) is 0 Å². The molecule has 0 amide bonds. The first-order chi connectivity index (χ1) is 27.6. The average Bonchev–Trinajstić information content (AvgIpc) is 3.21. The summed E-state index contributed by atoms with van der Waals surface area (Å²) in [5.41, 5.74) is 0. The first kappa shape index (κ1) is 57.3. The van der Waals surface area contributed by atoms with Gasteiger partial charge >= 0.3 is 17.9 Å². The third-order valence-electron chi connectivity index (χ3n) is 10.1. The second-order valence-corrected chi connectivity index (χ2v) is 15.7. The zero-order chi connectivity index (χ0) is 42.8. The van der Waals surface area contributed by atoms with Gasteiger partial charge in [-0.2, -0.15) is 0 Å². The molecule has 0 radical (unpaired) electrons. The van der Waals surface area contributed by atoms with Crippen LogP contribution in [-0.2, 0) is 28.6 Å². The van der Waals surface area contributed by atoms with Crippen LogP contribution in [-0.4, -0.2) is 105 Å². The minimum atomic E-state index is -1.67. The Hall–Kier alpha value is -1.83. The summed E-state index contributed by atoms with van der Waals surface area (Å²) in [6, 6.07) is 0. The van der Waals surface area contributed by atoms with Crippen molar-refractivity contribution in [1.82, 2.24) is 0 Å². The predicted octanol–water partition coefficient (Wildman–Crippen LogP) is 8.16. The lowest BCUT2D eigenvalue weighted by Crippen LogP contribution is -2.46. The Labute approximate surface area is 346 Å². The van der Waals surface area contributed by atoms with Crippen molar-refractivity contribution in [3.63, 3.8) is 0 Å². The lowest BCUT2D eigenvalue weighted by atomic mass is 10.0. The highest BCUT2D eigenvalue weighted by Crippen LogP contribution is 2.14. The number of aliphatic hydroxyl groups is 6. The summed E-state index contributed by atoms with van der Waals surface area (Å²) in [7, 11) is 0. The van der Waals surface area contributed by atoms with E-state index in [2.05, 4.69) is 20.8 Å². The molecule has 0 spiro atoms. The van der Waals surface area contributed by atoms with Crippen molar-refractivity contribution in [3.8, 4) is 0 Å². The first-order valence-electron chi connectivity index (χ1n) is 23.0. The molecule has 0 aliphatic rings. The SMILES string of the molecule is CCCCCCCCCCCC(=O)OCC(COC(=O)CCCCCCCCCCC)OC(=O)CCCCCCCCCCC.OCC(O)C(O)C(O)C(O)CO. The predicted molar refractivity (Wildman–Crippen MR) is 226 cm³/mol. The lowest BCUT2D eigenvalue weighted by Gasteiger charge is -2.24. The van der Waals surface area contributed by atoms with E-state index in [9.17, 15) is 14.4 Å². The van der Waals surface area contributed by atoms with Crippen molar-refractivity contribution in [2.75, 3.05) is 26.4 Å². The van der Waals surface area contributed by atoms with Crippen molar-refractivity contribution in [2.45, 2.75) is 244 Å². The first-order valence-corrected chi connectivity index (χ1v) is 23.0. The molecule has 0 aliphatic heterocycles. The number of hydrogen-bond donors (Lipinski definition) is 6. The van der Waals surface area contributed by atoms with E-state index in [1.54, 1.807) is 0 Å². The smallest absolute Gasteiger partial charge is 0.306 e. The molecule has 0 bridgehead atoms. The van der Waals surface area contributed by atoms with Gasteiger partial charge in [0.25, 0.3) is 0 Å². The number of aliphatic hydroxyl groups excluding tert-OH is 6. The highest BCUT2D eigenvalue weighted by molar-refractivity contribution is 5.71. The summed E-state index contributed by atoms with van der Waals surface area (Å²) in [5, 5.41) is 52.2. The minimum Gasteiger partial charge on any atom is -0.462 e. The van der Waals surface area contributed by atoms with Crippen LogP contribution in [0.25, 0.3) is 0 Å². The molecule has 12 nitrogen and oxygen atoms in total. The van der Waals surface area contributed by atoms with Gasteiger partial charge in [-0.15, -0.1) is 0 Å². The van der Waals surface area contributed by atoms with E-state index < -0.39 is 43.7 Å². The van der Waals surface area contributed by atoms with Crippen LogP contribution >= 0.6 is 0 Å². The summed E-state index contributed by atoms with van der Waals surface area (Å²) >= 11 is 0. The Bertz CT molecular complexity index is 836. The zero-order valence-corrected chi connectivity index (χ0v) is 36.6. The molecule has 0 rings (SSSR count).